The van der Waals surface area contributed by atoms with Crippen LogP contribution in [0.4, 0.5) is 29.5 Å². The van der Waals surface area contributed by atoms with Gasteiger partial charge in [-0.2, -0.15) is 0 Å². The minimum atomic E-state index is -5.06. The minimum absolute atomic E-state index is 0.0288. The van der Waals surface area contributed by atoms with E-state index in [0.29, 0.717) is 93.7 Å². The molecule has 2 unspecified atom stereocenters. The number of H-pyrrole nitrogens is 1. The number of nitrogens with one attached hydrogen (secondary N) is 3. The van der Waals surface area contributed by atoms with E-state index in [0.717, 1.165) is 12.5 Å². The molecule has 19 heteroatoms. The normalized spacial score (nSPS) is 17.9. The van der Waals surface area contributed by atoms with Crippen molar-refractivity contribution in [3.63, 3.8) is 0 Å². The fourth-order valence-electron chi connectivity index (χ4n) is 8.19. The van der Waals surface area contributed by atoms with Gasteiger partial charge in [0.15, 0.2) is 0 Å². The SMILES string of the molecule is COC(=O)NC(C(=O)N1CCCC1c1ncc(-c2ccc(-c3cc(Cl)c(NC(=O)c4ccc(N5CCN(C(=O)C(C)(C)C)CC5)nc4)cc3OC(F)(F)F)cc2)[nH]1)C1CCOCC1. The molecule has 0 saturated carbocycles. The molecule has 0 spiro atoms. The number of carbonyl (C=O) groups is 4. The Kier molecular flexibility index (Phi) is 13.5. The zero-order valence-electron chi connectivity index (χ0n) is 35.4. The fourth-order valence-corrected chi connectivity index (χ4v) is 8.40. The molecule has 3 saturated heterocycles. The van der Waals surface area contributed by atoms with Gasteiger partial charge in [0.1, 0.15) is 23.4 Å². The maximum absolute atomic E-state index is 14.0. The molecule has 2 aromatic carbocycles. The standard InChI is InChI=1S/C44H50ClF3N8O7/c1-43(2,3)41(59)55-18-16-54(17-19-55)36-12-11-29(24-49-36)39(57)52-32-23-35(63-44(46,47)48)30(22-31(32)45)26-7-9-27(10-8-26)33-25-50-38(51-33)34-6-5-15-56(34)40(58)37(53-42(60)61-4)28-13-20-62-21-14-28/h7-12,22-25,28,34,37H,5-6,13-21H2,1-4H3,(H,50,51)(H,52,57)(H,53,60). The summed E-state index contributed by atoms with van der Waals surface area (Å²) in [5.74, 6) is -0.304. The topological polar surface area (TPSA) is 171 Å². The number of rotatable bonds is 10. The third-order valence-electron chi connectivity index (χ3n) is 11.5. The van der Waals surface area contributed by atoms with Crippen molar-refractivity contribution in [2.24, 2.45) is 11.3 Å². The lowest BCUT2D eigenvalue weighted by atomic mass is 9.90. The number of piperazine rings is 1. The second-order valence-corrected chi connectivity index (χ2v) is 17.2. The van der Waals surface area contributed by atoms with Crippen LogP contribution in [0.15, 0.2) is 60.9 Å². The second kappa shape index (κ2) is 18.8. The van der Waals surface area contributed by atoms with E-state index in [9.17, 15) is 32.3 Å². The highest BCUT2D eigenvalue weighted by molar-refractivity contribution is 6.34. The highest BCUT2D eigenvalue weighted by Crippen LogP contribution is 2.41. The number of halogens is 4. The number of amides is 4. The number of alkyl carbamates (subject to hydrolysis) is 1. The number of nitrogens with zero attached hydrogens (tertiary/aromatic N) is 5. The molecule has 3 fully saturated rings. The maximum Gasteiger partial charge on any atom is 0.573 e. The summed E-state index contributed by atoms with van der Waals surface area (Å²) >= 11 is 6.59. The first-order valence-electron chi connectivity index (χ1n) is 20.8. The van der Waals surface area contributed by atoms with Crippen LogP contribution in [0.5, 0.6) is 5.75 Å². The Bertz CT molecular complexity index is 2290. The van der Waals surface area contributed by atoms with Gasteiger partial charge in [-0.05, 0) is 60.9 Å². The van der Waals surface area contributed by atoms with E-state index in [1.54, 1.807) is 47.5 Å². The van der Waals surface area contributed by atoms with Gasteiger partial charge in [-0.25, -0.2) is 14.8 Å². The number of methoxy groups -OCH3 is 1. The van der Waals surface area contributed by atoms with Crippen LogP contribution in [0.1, 0.15) is 68.7 Å². The van der Waals surface area contributed by atoms with Crippen molar-refractivity contribution in [3.8, 4) is 28.1 Å². The van der Waals surface area contributed by atoms with Crippen molar-refractivity contribution < 1.29 is 46.6 Å². The molecule has 3 aliphatic heterocycles. The van der Waals surface area contributed by atoms with Crippen LogP contribution in [-0.2, 0) is 19.1 Å². The van der Waals surface area contributed by atoms with Crippen LogP contribution in [-0.4, -0.2) is 114 Å². The number of alkyl halides is 3. The first kappa shape index (κ1) is 45.2. The molecule has 7 rings (SSSR count). The predicted octanol–water partition coefficient (Wildman–Crippen LogP) is 7.45. The summed E-state index contributed by atoms with van der Waals surface area (Å²) in [5.41, 5.74) is 1.24. The van der Waals surface area contributed by atoms with Gasteiger partial charge in [-0.3, -0.25) is 14.4 Å². The van der Waals surface area contributed by atoms with E-state index in [-0.39, 0.29) is 45.6 Å². The smallest absolute Gasteiger partial charge is 0.453 e. The van der Waals surface area contributed by atoms with Crippen LogP contribution >= 0.6 is 11.6 Å². The molecule has 4 aromatic rings. The summed E-state index contributed by atoms with van der Waals surface area (Å²) in [6, 6.07) is 11.0. The van der Waals surface area contributed by atoms with E-state index >= 15 is 0 Å². The molecule has 2 atom stereocenters. The molecule has 15 nitrogen and oxygen atoms in total. The van der Waals surface area contributed by atoms with Crippen LogP contribution < -0.4 is 20.3 Å². The summed E-state index contributed by atoms with van der Waals surface area (Å²) in [6.07, 6.45) is -0.121. The average Bonchev–Trinajstić information content (AvgIpc) is 3.97. The van der Waals surface area contributed by atoms with E-state index in [1.807, 2.05) is 30.6 Å². The number of ether oxygens (including phenoxy) is 3. The van der Waals surface area contributed by atoms with Crippen molar-refractivity contribution in [1.29, 1.82) is 0 Å². The summed E-state index contributed by atoms with van der Waals surface area (Å²) in [6.45, 7) is 9.32. The molecule has 5 heterocycles. The number of hydrogen-bond donors (Lipinski definition) is 3. The maximum atomic E-state index is 14.0. The zero-order valence-corrected chi connectivity index (χ0v) is 36.1. The number of benzene rings is 2. The number of hydrogen-bond acceptors (Lipinski definition) is 10. The molecule has 0 radical (unpaired) electrons. The molecular formula is C44H50ClF3N8O7. The Morgan fingerprint density at radius 3 is 2.24 bits per heavy atom. The monoisotopic (exact) mass is 894 g/mol. The number of likely N-dealkylation sites (tertiary alicyclic amines) is 1. The Hall–Kier alpha value is -5.88. The van der Waals surface area contributed by atoms with Gasteiger partial charge in [-0.15, -0.1) is 13.2 Å². The second-order valence-electron chi connectivity index (χ2n) is 16.8. The summed E-state index contributed by atoms with van der Waals surface area (Å²) in [4.78, 5) is 70.1. The van der Waals surface area contributed by atoms with Gasteiger partial charge < -0.3 is 44.5 Å². The lowest BCUT2D eigenvalue weighted by molar-refractivity contribution is -0.274. The Morgan fingerprint density at radius 2 is 1.60 bits per heavy atom. The molecule has 3 aliphatic rings. The van der Waals surface area contributed by atoms with Gasteiger partial charge in [0.2, 0.25) is 11.8 Å². The highest BCUT2D eigenvalue weighted by Gasteiger charge is 2.40. The van der Waals surface area contributed by atoms with Crippen LogP contribution in [0.25, 0.3) is 22.4 Å². The Balaban J connectivity index is 1.04. The van der Waals surface area contributed by atoms with Gasteiger partial charge >= 0.3 is 12.5 Å². The number of aromatic nitrogens is 3. The molecule has 336 valence electrons. The zero-order chi connectivity index (χ0) is 45.1. The Labute approximate surface area is 367 Å². The van der Waals surface area contributed by atoms with Gasteiger partial charge in [0.05, 0.1) is 41.3 Å². The average molecular weight is 895 g/mol. The number of pyridine rings is 1. The molecule has 63 heavy (non-hydrogen) atoms. The largest absolute Gasteiger partial charge is 0.573 e. The quantitative estimate of drug-likeness (QED) is 0.145. The van der Waals surface area contributed by atoms with Crippen molar-refractivity contribution in [2.45, 2.75) is 64.9 Å². The summed E-state index contributed by atoms with van der Waals surface area (Å²) in [7, 11) is 1.25. The van der Waals surface area contributed by atoms with E-state index in [2.05, 4.69) is 30.3 Å². The molecule has 0 bridgehead atoms. The number of imidazole rings is 1. The first-order chi connectivity index (χ1) is 30.0. The summed E-state index contributed by atoms with van der Waals surface area (Å²) in [5, 5.41) is 5.29. The lowest BCUT2D eigenvalue weighted by Gasteiger charge is -2.38. The van der Waals surface area contributed by atoms with E-state index < -0.39 is 35.6 Å². The van der Waals surface area contributed by atoms with Crippen molar-refractivity contribution >= 4 is 46.9 Å². The molecule has 4 amide bonds. The van der Waals surface area contributed by atoms with Gasteiger partial charge in [-0.1, -0.05) is 56.6 Å². The highest BCUT2D eigenvalue weighted by atomic mass is 35.5. The number of carbonyl (C=O) groups excluding carboxylic acids is 4. The van der Waals surface area contributed by atoms with Crippen LogP contribution in [0, 0.1) is 11.3 Å². The number of anilines is 2. The van der Waals surface area contributed by atoms with E-state index in [4.69, 9.17) is 21.1 Å². The van der Waals surface area contributed by atoms with Crippen molar-refractivity contribution in [2.75, 3.05) is 63.3 Å². The predicted molar refractivity (Wildman–Crippen MR) is 228 cm³/mol. The molecule has 0 aliphatic carbocycles. The van der Waals surface area contributed by atoms with Crippen LogP contribution in [0.2, 0.25) is 5.02 Å². The molecule has 2 aromatic heterocycles. The van der Waals surface area contributed by atoms with Crippen molar-refractivity contribution in [3.05, 3.63) is 77.3 Å². The summed E-state index contributed by atoms with van der Waals surface area (Å²) < 4.78 is 56.0. The molecule has 3 N–H and O–H groups in total. The number of aromatic amines is 1. The molecular weight excluding hydrogens is 845 g/mol. The van der Waals surface area contributed by atoms with E-state index in [1.165, 1.54) is 19.4 Å². The fraction of sp³-hybridized carbons (Fsp3) is 0.455. The third-order valence-corrected chi connectivity index (χ3v) is 11.8. The minimum Gasteiger partial charge on any atom is -0.453 e. The lowest BCUT2D eigenvalue weighted by Crippen LogP contribution is -2.53. The first-order valence-corrected chi connectivity index (χ1v) is 21.2. The van der Waals surface area contributed by atoms with Crippen LogP contribution in [0.3, 0.4) is 0 Å². The third kappa shape index (κ3) is 10.7. The van der Waals surface area contributed by atoms with Crippen molar-refractivity contribution in [1.82, 2.24) is 30.1 Å². The van der Waals surface area contributed by atoms with Gasteiger partial charge in [0.25, 0.3) is 5.91 Å². The Morgan fingerprint density at radius 1 is 0.905 bits per heavy atom. The van der Waals surface area contributed by atoms with Gasteiger partial charge in [0, 0.05) is 69.2 Å².